The minimum absolute atomic E-state index is 0.116. The van der Waals surface area contributed by atoms with E-state index in [1.54, 1.807) is 0 Å². The van der Waals surface area contributed by atoms with Crippen LogP contribution in [0, 0.1) is 34.5 Å². The first-order chi connectivity index (χ1) is 9.94. The Labute approximate surface area is 128 Å². The Morgan fingerprint density at radius 1 is 1.10 bits per heavy atom. The van der Waals surface area contributed by atoms with E-state index in [-0.39, 0.29) is 11.5 Å². The normalized spacial score (nSPS) is 56.5. The van der Waals surface area contributed by atoms with Gasteiger partial charge in [-0.1, -0.05) is 20.3 Å². The van der Waals surface area contributed by atoms with Crippen molar-refractivity contribution in [2.45, 2.75) is 77.7 Å². The smallest absolute Gasteiger partial charge is 0.137 e. The first-order valence-corrected chi connectivity index (χ1v) is 9.15. The molecule has 0 aromatic rings. The molecule has 0 saturated heterocycles. The predicted octanol–water partition coefficient (Wildman–Crippen LogP) is 3.96. The van der Waals surface area contributed by atoms with E-state index < -0.39 is 0 Å². The molecule has 4 aliphatic carbocycles. The zero-order valence-electron chi connectivity index (χ0n) is 13.6. The van der Waals surface area contributed by atoms with Crippen LogP contribution in [-0.4, -0.2) is 17.0 Å². The highest BCUT2D eigenvalue weighted by molar-refractivity contribution is 5.84. The Balaban J connectivity index is 1.69. The van der Waals surface area contributed by atoms with Gasteiger partial charge in [0.15, 0.2) is 0 Å². The van der Waals surface area contributed by atoms with Crippen LogP contribution < -0.4 is 0 Å². The molecule has 1 N–H and O–H groups in total. The van der Waals surface area contributed by atoms with Crippen LogP contribution in [0.1, 0.15) is 71.6 Å². The summed E-state index contributed by atoms with van der Waals surface area (Å²) in [6.07, 6.45) is 10.1. The highest BCUT2D eigenvalue weighted by Gasteiger charge is 2.60. The van der Waals surface area contributed by atoms with E-state index in [9.17, 15) is 9.90 Å². The molecule has 4 rings (SSSR count). The van der Waals surface area contributed by atoms with Crippen molar-refractivity contribution in [2.24, 2.45) is 34.5 Å². The molecule has 6 unspecified atom stereocenters. The lowest BCUT2D eigenvalue weighted by Crippen LogP contribution is -2.56. The van der Waals surface area contributed by atoms with Crippen molar-refractivity contribution in [1.82, 2.24) is 0 Å². The van der Waals surface area contributed by atoms with Gasteiger partial charge in [0.25, 0.3) is 0 Å². The van der Waals surface area contributed by atoms with E-state index in [2.05, 4.69) is 13.8 Å². The number of aliphatic hydroxyl groups excluding tert-OH is 1. The van der Waals surface area contributed by atoms with Crippen LogP contribution in [0.2, 0.25) is 0 Å². The van der Waals surface area contributed by atoms with E-state index in [0.717, 1.165) is 31.6 Å². The average molecular weight is 290 g/mol. The number of hydrogen-bond donors (Lipinski definition) is 1. The van der Waals surface area contributed by atoms with Gasteiger partial charge in [-0.2, -0.15) is 0 Å². The van der Waals surface area contributed by atoms with Crippen LogP contribution in [-0.2, 0) is 4.79 Å². The summed E-state index contributed by atoms with van der Waals surface area (Å²) in [5.41, 5.74) is 0.499. The molecule has 4 saturated carbocycles. The zero-order valence-corrected chi connectivity index (χ0v) is 13.6. The summed E-state index contributed by atoms with van der Waals surface area (Å²) in [7, 11) is 0. The van der Waals surface area contributed by atoms with E-state index in [1.807, 2.05) is 0 Å². The van der Waals surface area contributed by atoms with Gasteiger partial charge < -0.3 is 5.11 Å². The van der Waals surface area contributed by atoms with Crippen LogP contribution in [0.25, 0.3) is 0 Å². The molecular weight excluding hydrogens is 260 g/mol. The molecule has 0 spiro atoms. The second kappa shape index (κ2) is 4.57. The minimum Gasteiger partial charge on any atom is -0.393 e. The van der Waals surface area contributed by atoms with E-state index in [0.29, 0.717) is 29.0 Å². The number of rotatable bonds is 0. The molecule has 21 heavy (non-hydrogen) atoms. The molecule has 0 bridgehead atoms. The number of carbonyl (C=O) groups is 1. The van der Waals surface area contributed by atoms with Gasteiger partial charge in [0, 0.05) is 12.3 Å². The lowest BCUT2D eigenvalue weighted by molar-refractivity contribution is -0.159. The van der Waals surface area contributed by atoms with Crippen molar-refractivity contribution in [3.63, 3.8) is 0 Å². The second-order valence-corrected chi connectivity index (χ2v) is 9.15. The third-order valence-electron chi connectivity index (χ3n) is 8.09. The SMILES string of the molecule is CC12CCCC1C1CCC3C[C@H](O)CCC3(C)C1C(=O)C2. The molecule has 2 heteroatoms. The van der Waals surface area contributed by atoms with Gasteiger partial charge in [0.2, 0.25) is 0 Å². The van der Waals surface area contributed by atoms with Crippen molar-refractivity contribution in [3.8, 4) is 0 Å². The first kappa shape index (κ1) is 14.2. The molecule has 7 atom stereocenters. The maximum absolute atomic E-state index is 13.1. The summed E-state index contributed by atoms with van der Waals surface area (Å²) in [5, 5.41) is 10.0. The third-order valence-corrected chi connectivity index (χ3v) is 8.09. The predicted molar refractivity (Wildman–Crippen MR) is 82.7 cm³/mol. The summed E-state index contributed by atoms with van der Waals surface area (Å²) in [6, 6.07) is 0. The molecule has 118 valence electrons. The highest BCUT2D eigenvalue weighted by Crippen LogP contribution is 2.65. The maximum Gasteiger partial charge on any atom is 0.137 e. The van der Waals surface area contributed by atoms with Gasteiger partial charge in [-0.15, -0.1) is 0 Å². The standard InChI is InChI=1S/C19H30O2/c1-18-8-3-4-15(18)14-6-5-12-10-13(20)7-9-19(12,2)17(14)16(21)11-18/h12-15,17,20H,3-11H2,1-2H3/t12?,13-,14?,15?,17?,18?,19?/m1/s1. The molecule has 0 heterocycles. The lowest BCUT2D eigenvalue weighted by atomic mass is 9.45. The maximum atomic E-state index is 13.1. The monoisotopic (exact) mass is 290 g/mol. The van der Waals surface area contributed by atoms with Gasteiger partial charge in [-0.05, 0) is 73.5 Å². The largest absolute Gasteiger partial charge is 0.393 e. The van der Waals surface area contributed by atoms with Crippen LogP contribution in [0.3, 0.4) is 0 Å². The fourth-order valence-corrected chi connectivity index (χ4v) is 7.06. The molecule has 4 fully saturated rings. The van der Waals surface area contributed by atoms with Gasteiger partial charge in [-0.3, -0.25) is 4.79 Å². The Hall–Kier alpha value is -0.370. The van der Waals surface area contributed by atoms with Crippen molar-refractivity contribution in [1.29, 1.82) is 0 Å². The molecule has 0 radical (unpaired) electrons. The highest BCUT2D eigenvalue weighted by atomic mass is 16.3. The van der Waals surface area contributed by atoms with Gasteiger partial charge >= 0.3 is 0 Å². The first-order valence-electron chi connectivity index (χ1n) is 9.15. The minimum atomic E-state index is -0.116. The Morgan fingerprint density at radius 2 is 1.90 bits per heavy atom. The summed E-state index contributed by atoms with van der Waals surface area (Å²) >= 11 is 0. The fourth-order valence-electron chi connectivity index (χ4n) is 7.06. The average Bonchev–Trinajstić information content (AvgIpc) is 2.80. The van der Waals surface area contributed by atoms with Crippen molar-refractivity contribution in [2.75, 3.05) is 0 Å². The van der Waals surface area contributed by atoms with Crippen LogP contribution in [0.4, 0.5) is 0 Å². The van der Waals surface area contributed by atoms with Gasteiger partial charge in [-0.25, -0.2) is 0 Å². The quantitative estimate of drug-likeness (QED) is 0.733. The molecule has 0 aromatic carbocycles. The molecule has 0 aliphatic heterocycles. The van der Waals surface area contributed by atoms with Crippen molar-refractivity contribution < 1.29 is 9.90 Å². The molecule has 4 aliphatic rings. The number of ketones is 1. The number of fused-ring (bicyclic) bond motifs is 5. The summed E-state index contributed by atoms with van der Waals surface area (Å²) in [5.74, 6) is 2.90. The molecular formula is C19H30O2. The Bertz CT molecular complexity index is 458. The van der Waals surface area contributed by atoms with E-state index >= 15 is 0 Å². The Kier molecular flexibility index (Phi) is 3.10. The van der Waals surface area contributed by atoms with E-state index in [4.69, 9.17) is 0 Å². The summed E-state index contributed by atoms with van der Waals surface area (Å²) in [4.78, 5) is 13.1. The van der Waals surface area contributed by atoms with Crippen LogP contribution >= 0.6 is 0 Å². The van der Waals surface area contributed by atoms with Crippen molar-refractivity contribution in [3.05, 3.63) is 0 Å². The second-order valence-electron chi connectivity index (χ2n) is 9.15. The number of Topliss-reactive ketones (excluding diaryl/α,β-unsaturated/α-hetero) is 1. The van der Waals surface area contributed by atoms with E-state index in [1.165, 1.54) is 32.1 Å². The zero-order chi connectivity index (χ0) is 14.8. The number of carbonyl (C=O) groups excluding carboxylic acids is 1. The molecule has 0 aromatic heterocycles. The van der Waals surface area contributed by atoms with Crippen LogP contribution in [0.5, 0.6) is 0 Å². The molecule has 2 nitrogen and oxygen atoms in total. The molecule has 0 amide bonds. The third kappa shape index (κ3) is 1.90. The topological polar surface area (TPSA) is 37.3 Å². The Morgan fingerprint density at radius 3 is 2.71 bits per heavy atom. The summed E-state index contributed by atoms with van der Waals surface area (Å²) in [6.45, 7) is 4.77. The van der Waals surface area contributed by atoms with Crippen LogP contribution in [0.15, 0.2) is 0 Å². The summed E-state index contributed by atoms with van der Waals surface area (Å²) < 4.78 is 0. The number of aliphatic hydroxyl groups is 1. The van der Waals surface area contributed by atoms with Crippen molar-refractivity contribution >= 4 is 5.78 Å². The van der Waals surface area contributed by atoms with Gasteiger partial charge in [0.05, 0.1) is 6.10 Å². The number of hydrogen-bond acceptors (Lipinski definition) is 2. The lowest BCUT2D eigenvalue weighted by Gasteiger charge is -2.59. The fraction of sp³-hybridized carbons (Fsp3) is 0.947. The van der Waals surface area contributed by atoms with Gasteiger partial charge in [0.1, 0.15) is 5.78 Å².